The maximum Gasteiger partial charge on any atom is 0.276 e. The summed E-state index contributed by atoms with van der Waals surface area (Å²) >= 11 is 1.71. The summed E-state index contributed by atoms with van der Waals surface area (Å²) in [5.41, 5.74) is 3.42. The Morgan fingerprint density at radius 3 is 2.75 bits per heavy atom. The maximum atomic E-state index is 12.8. The van der Waals surface area contributed by atoms with Crippen molar-refractivity contribution < 1.29 is 9.32 Å². The fourth-order valence-electron chi connectivity index (χ4n) is 2.86. The Bertz CT molecular complexity index is 889. The Labute approximate surface area is 144 Å². The van der Waals surface area contributed by atoms with Crippen molar-refractivity contribution in [3.63, 3.8) is 0 Å². The van der Waals surface area contributed by atoms with E-state index in [4.69, 9.17) is 4.52 Å². The second-order valence-electron chi connectivity index (χ2n) is 5.77. The van der Waals surface area contributed by atoms with Gasteiger partial charge in [-0.25, -0.2) is 0 Å². The molecule has 3 aromatic rings. The molecule has 4 rings (SSSR count). The van der Waals surface area contributed by atoms with E-state index in [9.17, 15) is 4.79 Å². The van der Waals surface area contributed by atoms with Crippen molar-refractivity contribution >= 4 is 17.7 Å². The van der Waals surface area contributed by atoms with Crippen LogP contribution in [-0.2, 0) is 12.3 Å². The Kier molecular flexibility index (Phi) is 3.86. The van der Waals surface area contributed by atoms with Crippen LogP contribution in [0.3, 0.4) is 0 Å². The van der Waals surface area contributed by atoms with Gasteiger partial charge in [-0.05, 0) is 17.7 Å². The monoisotopic (exact) mass is 336 g/mol. The lowest BCUT2D eigenvalue weighted by molar-refractivity contribution is 0.0774. The number of hydrogen-bond donors (Lipinski definition) is 0. The summed E-state index contributed by atoms with van der Waals surface area (Å²) in [6.45, 7) is 0.547. The molecule has 0 saturated carbocycles. The highest BCUT2D eigenvalue weighted by Gasteiger charge is 2.29. The van der Waals surface area contributed by atoms with Crippen LogP contribution in [0.1, 0.15) is 21.6 Å². The van der Waals surface area contributed by atoms with Gasteiger partial charge in [0.15, 0.2) is 11.5 Å². The van der Waals surface area contributed by atoms with E-state index >= 15 is 0 Å². The first-order chi connectivity index (χ1) is 11.7. The number of amides is 1. The van der Waals surface area contributed by atoms with E-state index in [1.165, 1.54) is 0 Å². The highest BCUT2D eigenvalue weighted by Crippen LogP contribution is 2.42. The van der Waals surface area contributed by atoms with E-state index in [2.05, 4.69) is 11.2 Å². The zero-order valence-electron chi connectivity index (χ0n) is 13.2. The van der Waals surface area contributed by atoms with Crippen molar-refractivity contribution in [2.45, 2.75) is 17.2 Å². The summed E-state index contributed by atoms with van der Waals surface area (Å²) in [5, 5.41) is 4.08. The zero-order valence-corrected chi connectivity index (χ0v) is 14.0. The van der Waals surface area contributed by atoms with E-state index in [1.807, 2.05) is 48.5 Å². The molecular weight excluding hydrogens is 320 g/mol. The minimum atomic E-state index is -0.108. The lowest BCUT2D eigenvalue weighted by Crippen LogP contribution is -2.27. The molecule has 0 atom stereocenters. The lowest BCUT2D eigenvalue weighted by Gasteiger charge is -2.18. The van der Waals surface area contributed by atoms with E-state index < -0.39 is 0 Å². The van der Waals surface area contributed by atoms with Crippen LogP contribution in [0.2, 0.25) is 0 Å². The predicted octanol–water partition coefficient (Wildman–Crippen LogP) is 4.22. The topological polar surface area (TPSA) is 46.3 Å². The molecule has 0 N–H and O–H groups in total. The first-order valence-corrected chi connectivity index (χ1v) is 8.73. The van der Waals surface area contributed by atoms with Gasteiger partial charge in [0.1, 0.15) is 0 Å². The van der Waals surface area contributed by atoms with E-state index in [-0.39, 0.29) is 5.91 Å². The van der Waals surface area contributed by atoms with Crippen LogP contribution in [0.5, 0.6) is 0 Å². The van der Waals surface area contributed by atoms with Crippen LogP contribution >= 0.6 is 11.8 Å². The van der Waals surface area contributed by atoms with Gasteiger partial charge in [0, 0.05) is 35.4 Å². The van der Waals surface area contributed by atoms with Crippen molar-refractivity contribution in [2.75, 3.05) is 7.05 Å². The summed E-state index contributed by atoms with van der Waals surface area (Å²) in [7, 11) is 1.79. The largest absolute Gasteiger partial charge is 0.355 e. The number of hydrogen-bond acceptors (Lipinski definition) is 4. The summed E-state index contributed by atoms with van der Waals surface area (Å²) in [5.74, 6) is 1.32. The molecule has 0 saturated heterocycles. The molecule has 0 unspecified atom stereocenters. The number of thioether (sulfide) groups is 1. The molecule has 2 aromatic carbocycles. The number of rotatable bonds is 3. The summed E-state index contributed by atoms with van der Waals surface area (Å²) in [6, 6.07) is 18.0. The third-order valence-electron chi connectivity index (χ3n) is 4.10. The molecule has 4 nitrogen and oxygen atoms in total. The Morgan fingerprint density at radius 2 is 1.92 bits per heavy atom. The van der Waals surface area contributed by atoms with Crippen LogP contribution in [0.25, 0.3) is 11.3 Å². The molecule has 0 bridgehead atoms. The first kappa shape index (κ1) is 15.0. The second kappa shape index (κ2) is 6.17. The first-order valence-electron chi connectivity index (χ1n) is 7.74. The molecule has 1 aliphatic rings. The van der Waals surface area contributed by atoms with Crippen LogP contribution in [0, 0.1) is 0 Å². The average Bonchev–Trinajstić information content (AvgIpc) is 3.06. The number of benzene rings is 2. The van der Waals surface area contributed by atoms with Crippen LogP contribution < -0.4 is 0 Å². The smallest absolute Gasteiger partial charge is 0.276 e. The fraction of sp³-hybridized carbons (Fsp3) is 0.158. The van der Waals surface area contributed by atoms with E-state index in [0.717, 1.165) is 27.3 Å². The normalized spacial score (nSPS) is 12.4. The number of fused-ring (bicyclic) bond motifs is 3. The highest BCUT2D eigenvalue weighted by molar-refractivity contribution is 7.98. The molecule has 0 radical (unpaired) electrons. The second-order valence-corrected chi connectivity index (χ2v) is 6.79. The molecule has 24 heavy (non-hydrogen) atoms. The third kappa shape index (κ3) is 2.61. The van der Waals surface area contributed by atoms with Gasteiger partial charge in [0.05, 0.1) is 0 Å². The van der Waals surface area contributed by atoms with Crippen molar-refractivity contribution in [1.82, 2.24) is 10.1 Å². The number of nitrogens with zero attached hydrogens (tertiary/aromatic N) is 2. The Morgan fingerprint density at radius 1 is 1.17 bits per heavy atom. The average molecular weight is 336 g/mol. The molecule has 1 amide bonds. The molecule has 1 aromatic heterocycles. The van der Waals surface area contributed by atoms with Gasteiger partial charge < -0.3 is 9.42 Å². The van der Waals surface area contributed by atoms with Gasteiger partial charge >= 0.3 is 0 Å². The zero-order chi connectivity index (χ0) is 16.5. The molecule has 1 aliphatic heterocycles. The minimum absolute atomic E-state index is 0.108. The summed E-state index contributed by atoms with van der Waals surface area (Å²) in [6.07, 6.45) is 0. The number of carbonyl (C=O) groups excluding carboxylic acids is 1. The van der Waals surface area contributed by atoms with Crippen LogP contribution in [0.15, 0.2) is 64.0 Å². The highest BCUT2D eigenvalue weighted by atomic mass is 32.2. The number of carbonyl (C=O) groups is 1. The van der Waals surface area contributed by atoms with Crippen molar-refractivity contribution in [3.05, 3.63) is 71.4 Å². The Hall–Kier alpha value is -2.53. The molecule has 0 spiro atoms. The molecule has 0 fully saturated rings. The van der Waals surface area contributed by atoms with Gasteiger partial charge in [0.25, 0.3) is 5.91 Å². The quantitative estimate of drug-likeness (QED) is 0.718. The van der Waals surface area contributed by atoms with Crippen molar-refractivity contribution in [2.24, 2.45) is 0 Å². The summed E-state index contributed by atoms with van der Waals surface area (Å²) < 4.78 is 5.52. The van der Waals surface area contributed by atoms with Crippen LogP contribution in [-0.4, -0.2) is 23.0 Å². The fourth-order valence-corrected chi connectivity index (χ4v) is 3.92. The minimum Gasteiger partial charge on any atom is -0.355 e. The van der Waals surface area contributed by atoms with Gasteiger partial charge in [-0.2, -0.15) is 0 Å². The molecular formula is C19H16N2O2S. The van der Waals surface area contributed by atoms with Gasteiger partial charge in [-0.15, -0.1) is 11.8 Å². The van der Waals surface area contributed by atoms with E-state index in [1.54, 1.807) is 23.7 Å². The molecule has 0 aliphatic carbocycles. The predicted molar refractivity (Wildman–Crippen MR) is 93.7 cm³/mol. The van der Waals surface area contributed by atoms with Gasteiger partial charge in [-0.1, -0.05) is 47.6 Å². The Balaban J connectivity index is 1.62. The van der Waals surface area contributed by atoms with E-state index in [0.29, 0.717) is 18.0 Å². The van der Waals surface area contributed by atoms with Crippen molar-refractivity contribution in [3.8, 4) is 11.3 Å². The third-order valence-corrected chi connectivity index (χ3v) is 5.20. The van der Waals surface area contributed by atoms with Crippen molar-refractivity contribution in [1.29, 1.82) is 0 Å². The lowest BCUT2D eigenvalue weighted by atomic mass is 10.1. The van der Waals surface area contributed by atoms with Crippen LogP contribution in [0.4, 0.5) is 0 Å². The molecule has 5 heteroatoms. The maximum absolute atomic E-state index is 12.8. The SMILES string of the molecule is CN(Cc1ccccc1)C(=O)c1noc2c1CSc1ccccc1-2. The number of aromatic nitrogens is 1. The van der Waals surface area contributed by atoms with Gasteiger partial charge in [-0.3, -0.25) is 4.79 Å². The van der Waals surface area contributed by atoms with Gasteiger partial charge in [0.2, 0.25) is 0 Å². The standard InChI is InChI=1S/C19H16N2O2S/c1-21(11-13-7-3-2-4-8-13)19(22)17-15-12-24-16-10-6-5-9-14(16)18(15)23-20-17/h2-10H,11-12H2,1H3. The molecule has 120 valence electrons. The summed E-state index contributed by atoms with van der Waals surface area (Å²) in [4.78, 5) is 15.6. The molecule has 2 heterocycles.